The topological polar surface area (TPSA) is 62.3 Å². The van der Waals surface area contributed by atoms with Crippen LogP contribution in [-0.2, 0) is 19.1 Å². The molecule has 0 atom stereocenters. The molecule has 0 spiro atoms. The zero-order valence-electron chi connectivity index (χ0n) is 20.9. The lowest BCUT2D eigenvalue weighted by Gasteiger charge is -2.39. The lowest BCUT2D eigenvalue weighted by molar-refractivity contribution is -0.137. The monoisotopic (exact) mass is 535 g/mol. The third-order valence-corrected chi connectivity index (χ3v) is 5.97. The van der Waals surface area contributed by atoms with Crippen molar-refractivity contribution in [1.82, 2.24) is 14.7 Å². The molecule has 0 fully saturated rings. The van der Waals surface area contributed by atoms with Crippen molar-refractivity contribution in [2.24, 2.45) is 0 Å². The van der Waals surface area contributed by atoms with Gasteiger partial charge in [0.2, 0.25) is 0 Å². The average Bonchev–Trinajstić information content (AvgIpc) is 2.75. The summed E-state index contributed by atoms with van der Waals surface area (Å²) in [5.41, 5.74) is 3.14. The number of benzene rings is 1. The van der Waals surface area contributed by atoms with Gasteiger partial charge < -0.3 is 24.2 Å². The van der Waals surface area contributed by atoms with Gasteiger partial charge in [-0.05, 0) is 39.8 Å². The molecule has 1 aromatic carbocycles. The van der Waals surface area contributed by atoms with Gasteiger partial charge >= 0.3 is 11.9 Å². The summed E-state index contributed by atoms with van der Waals surface area (Å²) in [7, 11) is 12.5. The molecule has 0 radical (unpaired) electrons. The molecule has 0 saturated heterocycles. The SMILES string of the molecule is COC(=O)C1=C(CCN(C)C)N(C)C(CCN(C)C)=C(C(=O)OC)C1c1ccccc1Cl.Cl.Cl. The molecule has 0 aromatic heterocycles. The molecule has 0 amide bonds. The second kappa shape index (κ2) is 14.6. The molecular formula is C24H36Cl3N3O4. The summed E-state index contributed by atoms with van der Waals surface area (Å²) in [5, 5.41) is 0.476. The zero-order chi connectivity index (χ0) is 24.0. The predicted molar refractivity (Wildman–Crippen MR) is 141 cm³/mol. The Balaban J connectivity index is 0.00000544. The Kier molecular flexibility index (Phi) is 13.8. The van der Waals surface area contributed by atoms with Crippen LogP contribution in [0.5, 0.6) is 0 Å². The Bertz CT molecular complexity index is 866. The lowest BCUT2D eigenvalue weighted by atomic mass is 9.78. The van der Waals surface area contributed by atoms with Gasteiger partial charge in [0, 0.05) is 49.4 Å². The second-order valence-electron chi connectivity index (χ2n) is 8.32. The molecule has 34 heavy (non-hydrogen) atoms. The molecule has 10 heteroatoms. The van der Waals surface area contributed by atoms with Crippen LogP contribution >= 0.6 is 36.4 Å². The quantitative estimate of drug-likeness (QED) is 0.443. The molecule has 192 valence electrons. The maximum absolute atomic E-state index is 13.1. The van der Waals surface area contributed by atoms with Crippen molar-refractivity contribution >= 4 is 48.4 Å². The van der Waals surface area contributed by atoms with Gasteiger partial charge in [-0.3, -0.25) is 0 Å². The van der Waals surface area contributed by atoms with Crippen LogP contribution in [-0.4, -0.2) is 89.2 Å². The van der Waals surface area contributed by atoms with Gasteiger partial charge in [0.05, 0.1) is 31.3 Å². The van der Waals surface area contributed by atoms with Gasteiger partial charge in [0.25, 0.3) is 0 Å². The summed E-state index contributed by atoms with van der Waals surface area (Å²) in [6.07, 6.45) is 1.21. The Morgan fingerprint density at radius 2 is 1.29 bits per heavy atom. The number of hydrogen-bond donors (Lipinski definition) is 0. The van der Waals surface area contributed by atoms with Crippen LogP contribution in [0.15, 0.2) is 46.8 Å². The number of rotatable bonds is 9. The molecule has 1 aromatic rings. The molecule has 0 aliphatic carbocycles. The normalized spacial score (nSPS) is 14.2. The highest BCUT2D eigenvalue weighted by molar-refractivity contribution is 6.31. The lowest BCUT2D eigenvalue weighted by Crippen LogP contribution is -2.36. The van der Waals surface area contributed by atoms with E-state index in [2.05, 4.69) is 9.80 Å². The maximum Gasteiger partial charge on any atom is 0.336 e. The summed E-state index contributed by atoms with van der Waals surface area (Å²) in [4.78, 5) is 32.4. The van der Waals surface area contributed by atoms with Crippen molar-refractivity contribution < 1.29 is 19.1 Å². The number of halogens is 3. The van der Waals surface area contributed by atoms with Gasteiger partial charge in [0.15, 0.2) is 0 Å². The summed E-state index contributed by atoms with van der Waals surface area (Å²) >= 11 is 6.59. The van der Waals surface area contributed by atoms with Crippen LogP contribution in [0.4, 0.5) is 0 Å². The fraction of sp³-hybridized carbons (Fsp3) is 0.500. The molecule has 0 N–H and O–H groups in total. The van der Waals surface area contributed by atoms with Crippen LogP contribution in [0.2, 0.25) is 5.02 Å². The van der Waals surface area contributed by atoms with Gasteiger partial charge in [-0.1, -0.05) is 29.8 Å². The minimum Gasteiger partial charge on any atom is -0.466 e. The number of hydrogen-bond acceptors (Lipinski definition) is 7. The van der Waals surface area contributed by atoms with Crippen molar-refractivity contribution in [2.45, 2.75) is 18.8 Å². The Labute approximate surface area is 220 Å². The highest BCUT2D eigenvalue weighted by Gasteiger charge is 2.42. The molecule has 2 rings (SSSR count). The molecule has 1 heterocycles. The van der Waals surface area contributed by atoms with Gasteiger partial charge in [0.1, 0.15) is 0 Å². The fourth-order valence-electron chi connectivity index (χ4n) is 3.98. The van der Waals surface area contributed by atoms with Crippen LogP contribution in [0.1, 0.15) is 24.3 Å². The second-order valence-corrected chi connectivity index (χ2v) is 8.73. The highest BCUT2D eigenvalue weighted by atomic mass is 35.5. The van der Waals surface area contributed by atoms with E-state index in [-0.39, 0.29) is 24.8 Å². The number of nitrogens with zero attached hydrogens (tertiary/aromatic N) is 3. The van der Waals surface area contributed by atoms with E-state index in [0.717, 1.165) is 24.5 Å². The Morgan fingerprint density at radius 1 is 0.882 bits per heavy atom. The van der Waals surface area contributed by atoms with Crippen LogP contribution < -0.4 is 0 Å². The van der Waals surface area contributed by atoms with Crippen LogP contribution in [0, 0.1) is 0 Å². The van der Waals surface area contributed by atoms with E-state index in [1.165, 1.54) is 14.2 Å². The Morgan fingerprint density at radius 3 is 1.65 bits per heavy atom. The predicted octanol–water partition coefficient (Wildman–Crippen LogP) is 3.97. The average molecular weight is 537 g/mol. The first kappa shape index (κ1) is 32.2. The van der Waals surface area contributed by atoms with E-state index >= 15 is 0 Å². The number of carbonyl (C=O) groups is 2. The first-order valence-electron chi connectivity index (χ1n) is 10.5. The summed E-state index contributed by atoms with van der Waals surface area (Å²) in [6, 6.07) is 7.28. The van der Waals surface area contributed by atoms with E-state index < -0.39 is 17.9 Å². The standard InChI is InChI=1S/C24H34ClN3O4.2ClH/c1-26(2)14-12-18-21(23(29)31-6)20(16-10-8-9-11-17(16)25)22(24(30)32-7)19(28(18)5)13-15-27(3)4;;/h8-11,20H,12-15H2,1-7H3;2*1H. The third-order valence-electron chi connectivity index (χ3n) is 5.63. The summed E-state index contributed by atoms with van der Waals surface area (Å²) in [6.45, 7) is 1.45. The molecule has 0 saturated carbocycles. The molecule has 0 bridgehead atoms. The van der Waals surface area contributed by atoms with Gasteiger partial charge in [-0.2, -0.15) is 0 Å². The van der Waals surface area contributed by atoms with Crippen molar-refractivity contribution in [3.8, 4) is 0 Å². The van der Waals surface area contributed by atoms with E-state index in [1.807, 2.05) is 58.3 Å². The van der Waals surface area contributed by atoms with Crippen LogP contribution in [0.25, 0.3) is 0 Å². The smallest absolute Gasteiger partial charge is 0.336 e. The number of methoxy groups -OCH3 is 2. The van der Waals surface area contributed by atoms with E-state index in [0.29, 0.717) is 34.6 Å². The van der Waals surface area contributed by atoms with Gasteiger partial charge in [-0.25, -0.2) is 9.59 Å². The third kappa shape index (κ3) is 7.36. The number of esters is 2. The van der Waals surface area contributed by atoms with E-state index in [4.69, 9.17) is 21.1 Å². The molecule has 0 unspecified atom stereocenters. The molecule has 7 nitrogen and oxygen atoms in total. The zero-order valence-corrected chi connectivity index (χ0v) is 23.3. The van der Waals surface area contributed by atoms with Crippen LogP contribution in [0.3, 0.4) is 0 Å². The summed E-state index contributed by atoms with van der Waals surface area (Å²) < 4.78 is 10.4. The first-order chi connectivity index (χ1) is 15.1. The molecular weight excluding hydrogens is 501 g/mol. The van der Waals surface area contributed by atoms with E-state index in [9.17, 15) is 9.59 Å². The van der Waals surface area contributed by atoms with Gasteiger partial charge in [-0.15, -0.1) is 24.8 Å². The van der Waals surface area contributed by atoms with E-state index in [1.54, 1.807) is 6.07 Å². The summed E-state index contributed by atoms with van der Waals surface area (Å²) in [5.74, 6) is -1.65. The fourth-order valence-corrected chi connectivity index (χ4v) is 4.22. The minimum absolute atomic E-state index is 0. The number of ether oxygens (including phenoxy) is 2. The van der Waals surface area contributed by atoms with Crippen molar-refractivity contribution in [3.05, 3.63) is 57.4 Å². The first-order valence-corrected chi connectivity index (χ1v) is 10.9. The maximum atomic E-state index is 13.1. The molecule has 1 aliphatic rings. The Hall–Kier alpha value is -1.77. The van der Waals surface area contributed by atoms with Crippen molar-refractivity contribution in [2.75, 3.05) is 62.5 Å². The largest absolute Gasteiger partial charge is 0.466 e. The number of carbonyl (C=O) groups excluding carboxylic acids is 2. The van der Waals surface area contributed by atoms with Crippen molar-refractivity contribution in [1.29, 1.82) is 0 Å². The minimum atomic E-state index is -0.686. The van der Waals surface area contributed by atoms with Crippen molar-refractivity contribution in [3.63, 3.8) is 0 Å². The molecule has 1 aliphatic heterocycles. The highest BCUT2D eigenvalue weighted by Crippen LogP contribution is 2.45.